The lowest BCUT2D eigenvalue weighted by Gasteiger charge is -2.22. The van der Waals surface area contributed by atoms with Gasteiger partial charge in [-0.25, -0.2) is 20.0 Å². The number of H-pyrrole nitrogens is 4. The number of hydrogen-bond acceptors (Lipinski definition) is 6. The van der Waals surface area contributed by atoms with Crippen molar-refractivity contribution < 1.29 is 10.2 Å². The summed E-state index contributed by atoms with van der Waals surface area (Å²) in [7, 11) is 0. The first-order valence-electron chi connectivity index (χ1n) is 15.0. The van der Waals surface area contributed by atoms with Gasteiger partial charge in [0.05, 0.1) is 0 Å². The highest BCUT2D eigenvalue weighted by atomic mass is 16.3. The number of fused-ring (bicyclic) bond motifs is 20. The summed E-state index contributed by atoms with van der Waals surface area (Å²) in [4.78, 5) is 34.2. The normalized spacial score (nSPS) is 13.1. The number of aromatic nitrogens is 4. The van der Waals surface area contributed by atoms with Gasteiger partial charge >= 0.3 is 0 Å². The van der Waals surface area contributed by atoms with Crippen molar-refractivity contribution >= 4 is 66.4 Å². The van der Waals surface area contributed by atoms with Gasteiger partial charge in [0.2, 0.25) is 0 Å². The minimum atomic E-state index is -0.542. The summed E-state index contributed by atoms with van der Waals surface area (Å²) in [5, 5.41) is 28.9. The molecule has 46 heavy (non-hydrogen) atoms. The number of phenols is 2. The Bertz CT molecular complexity index is 2830. The molecule has 10 heteroatoms. The molecule has 0 amide bonds. The molecule has 0 saturated heterocycles. The van der Waals surface area contributed by atoms with Crippen LogP contribution in [0.15, 0.2) is 98.8 Å². The van der Waals surface area contributed by atoms with E-state index in [-0.39, 0.29) is 11.5 Å². The Kier molecular flexibility index (Phi) is 5.24. The van der Waals surface area contributed by atoms with Crippen LogP contribution in [0.4, 0.5) is 23.3 Å². The van der Waals surface area contributed by atoms with E-state index in [1.54, 1.807) is 6.07 Å². The Morgan fingerprint density at radius 3 is 1.28 bits per heavy atom. The van der Waals surface area contributed by atoms with Crippen molar-refractivity contribution in [3.8, 4) is 11.5 Å². The van der Waals surface area contributed by atoms with Crippen molar-refractivity contribution in [2.75, 3.05) is 0 Å². The fourth-order valence-electron chi connectivity index (χ4n) is 6.64. The van der Waals surface area contributed by atoms with Gasteiger partial charge in [-0.3, -0.25) is 0 Å². The van der Waals surface area contributed by atoms with Crippen LogP contribution in [0, 0.1) is 0 Å². The Morgan fingerprint density at radius 2 is 0.848 bits per heavy atom. The second kappa shape index (κ2) is 9.18. The molecule has 224 valence electrons. The third-order valence-electron chi connectivity index (χ3n) is 8.68. The fraction of sp³-hybridized carbons (Fsp3) is 0.111. The van der Waals surface area contributed by atoms with E-state index < -0.39 is 5.41 Å². The first kappa shape index (κ1) is 26.3. The number of aromatic hydroxyl groups is 2. The van der Waals surface area contributed by atoms with E-state index >= 15 is 0 Å². The SMILES string of the molecule is CC(C)(C)c1c(O)c(O)cc2c3[nH]c(c12)N=c1[nH]c(c2ccccc12)=Nc1[nH]c(c2ccccc12)N=c1[nH]c(c2ccccc12)=N3. The van der Waals surface area contributed by atoms with Crippen LogP contribution in [0.5, 0.6) is 11.5 Å². The highest BCUT2D eigenvalue weighted by Gasteiger charge is 2.28. The maximum atomic E-state index is 11.2. The molecule has 0 unspecified atom stereocenters. The van der Waals surface area contributed by atoms with Gasteiger partial charge in [0.1, 0.15) is 45.2 Å². The van der Waals surface area contributed by atoms with Crippen LogP contribution in [-0.2, 0) is 5.41 Å². The fourth-order valence-corrected chi connectivity index (χ4v) is 6.64. The number of nitrogens with zero attached hydrogens (tertiary/aromatic N) is 4. The van der Waals surface area contributed by atoms with Crippen LogP contribution < -0.4 is 22.0 Å². The average molecular weight is 605 g/mol. The van der Waals surface area contributed by atoms with Gasteiger partial charge < -0.3 is 30.1 Å². The minimum absolute atomic E-state index is 0.180. The van der Waals surface area contributed by atoms with Crippen LogP contribution in [0.3, 0.4) is 0 Å². The first-order valence-corrected chi connectivity index (χ1v) is 15.0. The number of benzene rings is 4. The summed E-state index contributed by atoms with van der Waals surface area (Å²) in [6.07, 6.45) is 0. The van der Waals surface area contributed by atoms with Crippen molar-refractivity contribution in [2.45, 2.75) is 26.2 Å². The number of rotatable bonds is 0. The lowest BCUT2D eigenvalue weighted by molar-refractivity contribution is 0.391. The minimum Gasteiger partial charge on any atom is -0.504 e. The molecule has 5 heterocycles. The Morgan fingerprint density at radius 1 is 0.478 bits per heavy atom. The molecule has 1 aliphatic rings. The molecule has 0 aliphatic carbocycles. The van der Waals surface area contributed by atoms with Gasteiger partial charge in [-0.05, 0) is 11.5 Å². The van der Waals surface area contributed by atoms with E-state index in [1.807, 2.05) is 93.6 Å². The molecule has 9 rings (SSSR count). The molecule has 0 spiro atoms. The molecular formula is C36H28N8O2. The average Bonchev–Trinajstić information content (AvgIpc) is 3.76. The smallest absolute Gasteiger partial charge is 0.162 e. The molecule has 10 nitrogen and oxygen atoms in total. The van der Waals surface area contributed by atoms with Crippen LogP contribution in [0.1, 0.15) is 26.3 Å². The zero-order valence-corrected chi connectivity index (χ0v) is 25.2. The van der Waals surface area contributed by atoms with Crippen LogP contribution >= 0.6 is 0 Å². The summed E-state index contributed by atoms with van der Waals surface area (Å²) < 4.78 is 0. The molecule has 1 aliphatic heterocycles. The number of nitrogens with one attached hydrogen (secondary N) is 4. The Balaban J connectivity index is 1.53. The van der Waals surface area contributed by atoms with Gasteiger partial charge in [-0.2, -0.15) is 0 Å². The van der Waals surface area contributed by atoms with Crippen molar-refractivity contribution in [1.29, 1.82) is 0 Å². The van der Waals surface area contributed by atoms with E-state index in [0.29, 0.717) is 61.6 Å². The van der Waals surface area contributed by atoms with Gasteiger partial charge in [0.15, 0.2) is 11.5 Å². The van der Waals surface area contributed by atoms with Gasteiger partial charge in [-0.15, -0.1) is 0 Å². The second-order valence-corrected chi connectivity index (χ2v) is 12.7. The second-order valence-electron chi connectivity index (χ2n) is 12.7. The number of hydrogen-bond donors (Lipinski definition) is 6. The largest absolute Gasteiger partial charge is 0.504 e. The molecule has 8 aromatic rings. The molecule has 8 bridgehead atoms. The van der Waals surface area contributed by atoms with Crippen molar-refractivity contribution in [3.63, 3.8) is 0 Å². The standard InChI is InChI=1S/C36H28N8O2/c1-36(2,3)26-25-23(16-24(45)27(26)46)34-42-32-20-13-7-6-12-19(20)30(40-32)38-28-17-10-4-5-11-18(17)29(37-28)39-31-21-14-8-9-15-22(21)33(41-31)43-35(25)44-34/h4-16,45-46H,1-3H3,(H4,37,38,39,40,41,42,43,44). The molecule has 6 N–H and O–H groups in total. The molecule has 0 fully saturated rings. The Hall–Kier alpha value is -6.16. The predicted octanol–water partition coefficient (Wildman–Crippen LogP) is 6.44. The van der Waals surface area contributed by atoms with Gasteiger partial charge in [0.25, 0.3) is 0 Å². The Labute approximate surface area is 260 Å². The van der Waals surface area contributed by atoms with Crippen molar-refractivity contribution in [3.05, 3.63) is 106 Å². The zero-order chi connectivity index (χ0) is 31.3. The molecule has 0 radical (unpaired) electrons. The summed E-state index contributed by atoms with van der Waals surface area (Å²) in [6, 6.07) is 25.5. The molecule has 0 atom stereocenters. The third kappa shape index (κ3) is 3.76. The molecule has 4 aromatic heterocycles. The summed E-state index contributed by atoms with van der Waals surface area (Å²) in [5.74, 6) is 1.91. The van der Waals surface area contributed by atoms with Crippen LogP contribution in [-0.4, -0.2) is 30.1 Å². The van der Waals surface area contributed by atoms with Crippen molar-refractivity contribution in [1.82, 2.24) is 19.9 Å². The highest BCUT2D eigenvalue weighted by Crippen LogP contribution is 2.48. The number of phenolic OH excluding ortho intramolecular Hbond substituents is 2. The topological polar surface area (TPSA) is 153 Å². The van der Waals surface area contributed by atoms with Crippen molar-refractivity contribution in [2.24, 2.45) is 20.0 Å². The molecule has 0 saturated carbocycles. The summed E-state index contributed by atoms with van der Waals surface area (Å²) in [6.45, 7) is 5.98. The predicted molar refractivity (Wildman–Crippen MR) is 178 cm³/mol. The molecule has 4 aromatic carbocycles. The van der Waals surface area contributed by atoms with Gasteiger partial charge in [-0.1, -0.05) is 93.6 Å². The maximum absolute atomic E-state index is 11.2. The van der Waals surface area contributed by atoms with E-state index in [9.17, 15) is 10.2 Å². The highest BCUT2D eigenvalue weighted by molar-refractivity contribution is 6.05. The lowest BCUT2D eigenvalue weighted by atomic mass is 9.83. The summed E-state index contributed by atoms with van der Waals surface area (Å²) in [5.41, 5.74) is 2.49. The summed E-state index contributed by atoms with van der Waals surface area (Å²) >= 11 is 0. The van der Waals surface area contributed by atoms with Crippen LogP contribution in [0.25, 0.3) is 43.1 Å². The van der Waals surface area contributed by atoms with E-state index in [0.717, 1.165) is 32.3 Å². The quantitative estimate of drug-likeness (QED) is 0.110. The van der Waals surface area contributed by atoms with Crippen LogP contribution in [0.2, 0.25) is 0 Å². The third-order valence-corrected chi connectivity index (χ3v) is 8.68. The van der Waals surface area contributed by atoms with Gasteiger partial charge in [0, 0.05) is 48.7 Å². The van der Waals surface area contributed by atoms with E-state index in [1.165, 1.54) is 0 Å². The monoisotopic (exact) mass is 604 g/mol. The van der Waals surface area contributed by atoms with E-state index in [4.69, 9.17) is 20.0 Å². The zero-order valence-electron chi connectivity index (χ0n) is 25.2. The maximum Gasteiger partial charge on any atom is 0.162 e. The lowest BCUT2D eigenvalue weighted by Crippen LogP contribution is -2.12. The molecular weight excluding hydrogens is 576 g/mol. The van der Waals surface area contributed by atoms with E-state index in [2.05, 4.69) is 19.9 Å². The number of aromatic amines is 4. The first-order chi connectivity index (χ1) is 22.2.